The first-order valence-electron chi connectivity index (χ1n) is 9.23. The molecule has 0 spiro atoms. The van der Waals surface area contributed by atoms with Crippen molar-refractivity contribution in [1.82, 2.24) is 10.1 Å². The van der Waals surface area contributed by atoms with Gasteiger partial charge in [0.05, 0.1) is 34.7 Å². The van der Waals surface area contributed by atoms with Crippen LogP contribution < -0.4 is 10.6 Å². The molecule has 0 saturated carbocycles. The van der Waals surface area contributed by atoms with Gasteiger partial charge >= 0.3 is 0 Å². The van der Waals surface area contributed by atoms with Crippen LogP contribution in [0.5, 0.6) is 0 Å². The van der Waals surface area contributed by atoms with E-state index in [1.165, 1.54) is 0 Å². The average molecular weight is 397 g/mol. The molecular weight excluding hydrogens is 382 g/mol. The number of allylic oxidation sites excluding steroid dienone is 2. The fraction of sp³-hybridized carbons (Fsp3) is 0.0909. The van der Waals surface area contributed by atoms with E-state index in [9.17, 15) is 10.1 Å². The summed E-state index contributed by atoms with van der Waals surface area (Å²) in [4.78, 5) is 16.9. The largest absolute Gasteiger partial charge is 0.460 e. The Morgan fingerprint density at radius 2 is 2.10 bits per heavy atom. The van der Waals surface area contributed by atoms with Crippen molar-refractivity contribution in [3.8, 4) is 6.07 Å². The summed E-state index contributed by atoms with van der Waals surface area (Å²) in [7, 11) is 0. The van der Waals surface area contributed by atoms with E-state index in [1.807, 2.05) is 6.07 Å². The maximum absolute atomic E-state index is 12.6. The van der Waals surface area contributed by atoms with E-state index in [-0.39, 0.29) is 5.91 Å². The highest BCUT2D eigenvalue weighted by atomic mass is 16.5. The van der Waals surface area contributed by atoms with E-state index in [0.717, 1.165) is 0 Å². The van der Waals surface area contributed by atoms with Gasteiger partial charge in [0.25, 0.3) is 5.91 Å². The van der Waals surface area contributed by atoms with Crippen molar-refractivity contribution < 1.29 is 13.7 Å². The van der Waals surface area contributed by atoms with Crippen LogP contribution in [0.25, 0.3) is 11.0 Å². The van der Waals surface area contributed by atoms with E-state index >= 15 is 0 Å². The summed E-state index contributed by atoms with van der Waals surface area (Å²) >= 11 is 0. The maximum atomic E-state index is 12.6. The van der Waals surface area contributed by atoms with Crippen LogP contribution >= 0.6 is 0 Å². The van der Waals surface area contributed by atoms with Crippen LogP contribution in [0.3, 0.4) is 0 Å². The third kappa shape index (κ3) is 2.81. The molecule has 0 aliphatic carbocycles. The number of hydrogen-bond acceptors (Lipinski definition) is 7. The maximum Gasteiger partial charge on any atom is 0.256 e. The van der Waals surface area contributed by atoms with Gasteiger partial charge in [-0.3, -0.25) is 4.79 Å². The Morgan fingerprint density at radius 3 is 2.90 bits per heavy atom. The first-order chi connectivity index (χ1) is 14.7. The Labute approximate surface area is 170 Å². The molecule has 1 amide bonds. The smallest absolute Gasteiger partial charge is 0.256 e. The molecule has 5 rings (SSSR count). The van der Waals surface area contributed by atoms with Crippen LogP contribution in [0.4, 0.5) is 11.7 Å². The molecule has 0 fully saturated rings. The number of furan rings is 1. The van der Waals surface area contributed by atoms with Gasteiger partial charge in [-0.1, -0.05) is 23.4 Å². The number of hydrogen-bond donors (Lipinski definition) is 2. The Morgan fingerprint density at radius 1 is 1.27 bits per heavy atom. The quantitative estimate of drug-likeness (QED) is 0.525. The molecular formula is C22H15N5O3. The molecule has 4 aromatic rings. The van der Waals surface area contributed by atoms with Gasteiger partial charge in [0.1, 0.15) is 17.2 Å². The molecule has 2 N–H and O–H groups in total. The van der Waals surface area contributed by atoms with Gasteiger partial charge in [-0.15, -0.1) is 0 Å². The first kappa shape index (κ1) is 17.7. The summed E-state index contributed by atoms with van der Waals surface area (Å²) < 4.78 is 11.3. The second-order valence-corrected chi connectivity index (χ2v) is 6.86. The number of carbonyl (C=O) groups excluding carboxylic acids is 1. The predicted molar refractivity (Wildman–Crippen MR) is 109 cm³/mol. The molecule has 4 heterocycles. The number of carbonyl (C=O) groups is 1. The van der Waals surface area contributed by atoms with Gasteiger partial charge in [-0.2, -0.15) is 5.26 Å². The van der Waals surface area contributed by atoms with Crippen molar-refractivity contribution in [3.05, 3.63) is 83.0 Å². The van der Waals surface area contributed by atoms with Crippen LogP contribution in [0, 0.1) is 11.3 Å². The number of aromatic nitrogens is 2. The Balaban J connectivity index is 1.58. The minimum Gasteiger partial charge on any atom is -0.460 e. The summed E-state index contributed by atoms with van der Waals surface area (Å²) in [6, 6.07) is 14.7. The number of fused-ring (bicyclic) bond motifs is 2. The molecule has 8 heteroatoms. The fourth-order valence-corrected chi connectivity index (χ4v) is 3.60. The summed E-state index contributed by atoms with van der Waals surface area (Å²) in [5.74, 6) is 0.662. The topological polar surface area (TPSA) is 117 Å². The Kier molecular flexibility index (Phi) is 4.07. The third-order valence-corrected chi connectivity index (χ3v) is 5.04. The lowest BCUT2D eigenvalue weighted by molar-refractivity contribution is 0.102. The van der Waals surface area contributed by atoms with Gasteiger partial charge in [-0.05, 0) is 31.2 Å². The van der Waals surface area contributed by atoms with Crippen molar-refractivity contribution in [3.63, 3.8) is 0 Å². The molecule has 1 unspecified atom stereocenters. The second-order valence-electron chi connectivity index (χ2n) is 6.86. The molecule has 1 aliphatic rings. The SMILES string of the molecule is CC1=C(C#N)C(c2cc3c(NC(=O)c4ccccc4)nccc3o2)c2cnoc2N1. The van der Waals surface area contributed by atoms with E-state index in [0.29, 0.717) is 50.8 Å². The van der Waals surface area contributed by atoms with Crippen LogP contribution in [-0.4, -0.2) is 16.0 Å². The molecule has 0 bridgehead atoms. The molecule has 0 saturated heterocycles. The lowest BCUT2D eigenvalue weighted by atomic mass is 9.87. The van der Waals surface area contributed by atoms with E-state index in [2.05, 4.69) is 26.8 Å². The van der Waals surface area contributed by atoms with E-state index in [1.54, 1.807) is 55.7 Å². The molecule has 1 aliphatic heterocycles. The number of benzene rings is 1. The molecule has 1 aromatic carbocycles. The zero-order valence-corrected chi connectivity index (χ0v) is 15.8. The lowest BCUT2D eigenvalue weighted by Crippen LogP contribution is -2.15. The fourth-order valence-electron chi connectivity index (χ4n) is 3.60. The lowest BCUT2D eigenvalue weighted by Gasteiger charge is -2.21. The minimum atomic E-state index is -0.470. The van der Waals surface area contributed by atoms with Crippen molar-refractivity contribution in [1.29, 1.82) is 5.26 Å². The standard InChI is InChI=1S/C22H15N5O3/c1-12-15(10-23)19(16-11-25-30-22(16)26-12)18-9-14-17(29-18)7-8-24-20(14)27-21(28)13-5-3-2-4-6-13/h2-9,11,19,26H,1H3,(H,24,27,28). The molecule has 146 valence electrons. The van der Waals surface area contributed by atoms with Crippen LogP contribution in [0.15, 0.2) is 75.1 Å². The van der Waals surface area contributed by atoms with Gasteiger partial charge in [0.15, 0.2) is 0 Å². The Hall–Kier alpha value is -4.38. The van der Waals surface area contributed by atoms with E-state index < -0.39 is 5.92 Å². The first-order valence-corrected chi connectivity index (χ1v) is 9.23. The molecule has 0 radical (unpaired) electrons. The van der Waals surface area contributed by atoms with Gasteiger partial charge < -0.3 is 19.6 Å². The van der Waals surface area contributed by atoms with Crippen molar-refractivity contribution in [2.24, 2.45) is 0 Å². The van der Waals surface area contributed by atoms with Crippen molar-refractivity contribution >= 4 is 28.6 Å². The summed E-state index contributed by atoms with van der Waals surface area (Å²) in [5.41, 5.74) is 2.96. The van der Waals surface area contributed by atoms with Gasteiger partial charge in [0, 0.05) is 17.5 Å². The number of nitrogens with zero attached hydrogens (tertiary/aromatic N) is 3. The van der Waals surface area contributed by atoms with Crippen LogP contribution in [0.2, 0.25) is 0 Å². The highest BCUT2D eigenvalue weighted by Gasteiger charge is 2.33. The average Bonchev–Trinajstić information content (AvgIpc) is 3.40. The van der Waals surface area contributed by atoms with E-state index in [4.69, 9.17) is 8.94 Å². The summed E-state index contributed by atoms with van der Waals surface area (Å²) in [6.45, 7) is 1.80. The number of pyridine rings is 1. The zero-order chi connectivity index (χ0) is 20.7. The minimum absolute atomic E-state index is 0.269. The van der Waals surface area contributed by atoms with Crippen LogP contribution in [-0.2, 0) is 0 Å². The Bertz CT molecular complexity index is 1340. The molecule has 30 heavy (non-hydrogen) atoms. The van der Waals surface area contributed by atoms with Crippen LogP contribution in [0.1, 0.15) is 34.5 Å². The van der Waals surface area contributed by atoms with Crippen molar-refractivity contribution in [2.75, 3.05) is 10.6 Å². The highest BCUT2D eigenvalue weighted by molar-refractivity contribution is 6.07. The monoisotopic (exact) mass is 397 g/mol. The second kappa shape index (κ2) is 6.90. The number of nitrogens with one attached hydrogen (secondary N) is 2. The zero-order valence-electron chi connectivity index (χ0n) is 15.8. The molecule has 8 nitrogen and oxygen atoms in total. The number of rotatable bonds is 3. The number of anilines is 2. The highest BCUT2D eigenvalue weighted by Crippen LogP contribution is 2.43. The molecule has 3 aromatic heterocycles. The molecule has 1 atom stereocenters. The number of amides is 1. The van der Waals surface area contributed by atoms with Gasteiger partial charge in [0.2, 0.25) is 5.88 Å². The summed E-state index contributed by atoms with van der Waals surface area (Å²) in [6.07, 6.45) is 3.14. The third-order valence-electron chi connectivity index (χ3n) is 5.04. The van der Waals surface area contributed by atoms with Crippen molar-refractivity contribution in [2.45, 2.75) is 12.8 Å². The van der Waals surface area contributed by atoms with Gasteiger partial charge in [-0.25, -0.2) is 4.98 Å². The predicted octanol–water partition coefficient (Wildman–Crippen LogP) is 4.42. The summed E-state index contributed by atoms with van der Waals surface area (Å²) in [5, 5.41) is 20.1. The normalized spacial score (nSPS) is 15.4. The number of nitriles is 1.